The molecule has 4 nitrogen and oxygen atoms in total. The van der Waals surface area contributed by atoms with Crippen molar-refractivity contribution in [3.63, 3.8) is 0 Å². The molecule has 0 atom stereocenters. The summed E-state index contributed by atoms with van der Waals surface area (Å²) in [5.41, 5.74) is 0.207. The molecule has 1 aliphatic rings. The van der Waals surface area contributed by atoms with Crippen LogP contribution in [-0.2, 0) is 11.3 Å². The van der Waals surface area contributed by atoms with E-state index in [9.17, 15) is 4.79 Å². The van der Waals surface area contributed by atoms with Crippen molar-refractivity contribution in [1.82, 2.24) is 15.1 Å². The Balaban J connectivity index is 1.64. The van der Waals surface area contributed by atoms with Crippen LogP contribution in [0.2, 0.25) is 0 Å². The summed E-state index contributed by atoms with van der Waals surface area (Å²) in [7, 11) is 0. The number of nitrogens with one attached hydrogen (secondary N) is 1. The second-order valence-corrected chi connectivity index (χ2v) is 4.77. The predicted molar refractivity (Wildman–Crippen MR) is 65.4 cm³/mol. The number of hydrogen-bond acceptors (Lipinski definition) is 3. The van der Waals surface area contributed by atoms with Crippen molar-refractivity contribution in [2.24, 2.45) is 5.41 Å². The molecular formula is C11H17N3OS. The SMILES string of the molecule is O=C(CC1(CS)CC1)NCCn1cccn1. The quantitative estimate of drug-likeness (QED) is 0.730. The summed E-state index contributed by atoms with van der Waals surface area (Å²) in [6.07, 6.45) is 6.53. The van der Waals surface area contributed by atoms with Gasteiger partial charge in [0.25, 0.3) is 0 Å². The van der Waals surface area contributed by atoms with Crippen LogP contribution in [0.25, 0.3) is 0 Å². The maximum Gasteiger partial charge on any atom is 0.220 e. The molecule has 2 rings (SSSR count). The topological polar surface area (TPSA) is 46.9 Å². The van der Waals surface area contributed by atoms with Crippen LogP contribution >= 0.6 is 12.6 Å². The van der Waals surface area contributed by atoms with E-state index in [1.807, 2.05) is 16.9 Å². The second kappa shape index (κ2) is 4.91. The molecule has 1 fully saturated rings. The molecule has 16 heavy (non-hydrogen) atoms. The molecular weight excluding hydrogens is 222 g/mol. The number of hydrogen-bond donors (Lipinski definition) is 2. The molecule has 0 saturated heterocycles. The van der Waals surface area contributed by atoms with E-state index in [2.05, 4.69) is 23.0 Å². The Bertz CT molecular complexity index is 346. The van der Waals surface area contributed by atoms with E-state index in [1.54, 1.807) is 6.20 Å². The molecule has 1 aromatic rings. The minimum atomic E-state index is 0.138. The van der Waals surface area contributed by atoms with Crippen LogP contribution in [0, 0.1) is 5.41 Å². The van der Waals surface area contributed by atoms with Gasteiger partial charge < -0.3 is 5.32 Å². The van der Waals surface area contributed by atoms with E-state index >= 15 is 0 Å². The molecule has 1 aliphatic carbocycles. The van der Waals surface area contributed by atoms with Gasteiger partial charge in [0.05, 0.1) is 6.54 Å². The number of carbonyl (C=O) groups is 1. The third-order valence-corrected chi connectivity index (χ3v) is 3.72. The average Bonchev–Trinajstić information content (AvgIpc) is 2.85. The number of carbonyl (C=O) groups excluding carboxylic acids is 1. The van der Waals surface area contributed by atoms with Gasteiger partial charge in [-0.3, -0.25) is 9.48 Å². The van der Waals surface area contributed by atoms with Gasteiger partial charge in [-0.15, -0.1) is 0 Å². The molecule has 0 radical (unpaired) electrons. The summed E-state index contributed by atoms with van der Waals surface area (Å²) >= 11 is 4.28. The normalized spacial score (nSPS) is 17.1. The van der Waals surface area contributed by atoms with Crippen molar-refractivity contribution in [2.45, 2.75) is 25.8 Å². The third kappa shape index (κ3) is 3.01. The molecule has 0 aromatic carbocycles. The van der Waals surface area contributed by atoms with E-state index in [4.69, 9.17) is 0 Å². The smallest absolute Gasteiger partial charge is 0.220 e. The molecule has 1 aromatic heterocycles. The minimum Gasteiger partial charge on any atom is -0.354 e. The molecule has 1 N–H and O–H groups in total. The average molecular weight is 239 g/mol. The van der Waals surface area contributed by atoms with Crippen LogP contribution in [0.4, 0.5) is 0 Å². The highest BCUT2D eigenvalue weighted by molar-refractivity contribution is 7.80. The molecule has 0 unspecified atom stereocenters. The van der Waals surface area contributed by atoms with Crippen LogP contribution in [-0.4, -0.2) is 28.0 Å². The lowest BCUT2D eigenvalue weighted by Crippen LogP contribution is -2.29. The first-order valence-electron chi connectivity index (χ1n) is 5.59. The maximum absolute atomic E-state index is 11.6. The van der Waals surface area contributed by atoms with E-state index in [0.29, 0.717) is 13.0 Å². The Morgan fingerprint density at radius 3 is 2.94 bits per heavy atom. The van der Waals surface area contributed by atoms with Gasteiger partial charge in [-0.25, -0.2) is 0 Å². The fourth-order valence-corrected chi connectivity index (χ4v) is 2.14. The van der Waals surface area contributed by atoms with Crippen molar-refractivity contribution in [2.75, 3.05) is 12.3 Å². The Morgan fingerprint density at radius 1 is 1.56 bits per heavy atom. The van der Waals surface area contributed by atoms with E-state index in [-0.39, 0.29) is 11.3 Å². The summed E-state index contributed by atoms with van der Waals surface area (Å²) in [5.74, 6) is 0.957. The number of aromatic nitrogens is 2. The highest BCUT2D eigenvalue weighted by Gasteiger charge is 2.42. The molecule has 1 heterocycles. The standard InChI is InChI=1S/C11H17N3OS/c15-10(8-11(9-16)2-3-11)12-5-7-14-6-1-4-13-14/h1,4,6,16H,2-3,5,7-9H2,(H,12,15). The van der Waals surface area contributed by atoms with Crippen LogP contribution < -0.4 is 5.32 Å². The van der Waals surface area contributed by atoms with Crippen molar-refractivity contribution in [3.05, 3.63) is 18.5 Å². The first-order chi connectivity index (χ1) is 7.74. The summed E-state index contributed by atoms with van der Waals surface area (Å²) in [6, 6.07) is 1.88. The first-order valence-corrected chi connectivity index (χ1v) is 6.22. The van der Waals surface area contributed by atoms with Crippen LogP contribution in [0.5, 0.6) is 0 Å². The monoisotopic (exact) mass is 239 g/mol. The zero-order valence-electron chi connectivity index (χ0n) is 9.22. The lowest BCUT2D eigenvalue weighted by atomic mass is 10.1. The Labute approximate surface area is 101 Å². The van der Waals surface area contributed by atoms with Gasteiger partial charge >= 0.3 is 0 Å². The van der Waals surface area contributed by atoms with E-state index in [1.165, 1.54) is 0 Å². The highest BCUT2D eigenvalue weighted by atomic mass is 32.1. The van der Waals surface area contributed by atoms with Crippen molar-refractivity contribution >= 4 is 18.5 Å². The maximum atomic E-state index is 11.6. The first kappa shape index (κ1) is 11.5. The molecule has 88 valence electrons. The zero-order chi connectivity index (χ0) is 11.4. The molecule has 1 saturated carbocycles. The second-order valence-electron chi connectivity index (χ2n) is 4.45. The summed E-state index contributed by atoms with van der Waals surface area (Å²) in [6.45, 7) is 1.37. The molecule has 0 bridgehead atoms. The summed E-state index contributed by atoms with van der Waals surface area (Å²) in [4.78, 5) is 11.6. The lowest BCUT2D eigenvalue weighted by Gasteiger charge is -2.11. The van der Waals surface area contributed by atoms with Gasteiger partial charge in [-0.1, -0.05) is 0 Å². The van der Waals surface area contributed by atoms with Gasteiger partial charge in [-0.05, 0) is 30.1 Å². The van der Waals surface area contributed by atoms with Gasteiger partial charge in [0.15, 0.2) is 0 Å². The Kier molecular flexibility index (Phi) is 3.53. The van der Waals surface area contributed by atoms with Crippen molar-refractivity contribution in [3.8, 4) is 0 Å². The van der Waals surface area contributed by atoms with Crippen molar-refractivity contribution < 1.29 is 4.79 Å². The van der Waals surface area contributed by atoms with E-state index in [0.717, 1.165) is 25.1 Å². The molecule has 5 heteroatoms. The van der Waals surface area contributed by atoms with Gasteiger partial charge in [0.1, 0.15) is 0 Å². The predicted octanol–water partition coefficient (Wildman–Crippen LogP) is 1.10. The fraction of sp³-hybridized carbons (Fsp3) is 0.636. The number of nitrogens with zero attached hydrogens (tertiary/aromatic N) is 2. The van der Waals surface area contributed by atoms with Gasteiger partial charge in [0.2, 0.25) is 5.91 Å². The van der Waals surface area contributed by atoms with Gasteiger partial charge in [0, 0.05) is 25.4 Å². The Hall–Kier alpha value is -0.970. The van der Waals surface area contributed by atoms with Crippen molar-refractivity contribution in [1.29, 1.82) is 0 Å². The molecule has 0 aliphatic heterocycles. The number of thiol groups is 1. The third-order valence-electron chi connectivity index (χ3n) is 3.05. The zero-order valence-corrected chi connectivity index (χ0v) is 10.1. The summed E-state index contributed by atoms with van der Waals surface area (Å²) < 4.78 is 1.81. The lowest BCUT2D eigenvalue weighted by molar-refractivity contribution is -0.122. The van der Waals surface area contributed by atoms with Crippen LogP contribution in [0.3, 0.4) is 0 Å². The molecule has 0 spiro atoms. The summed E-state index contributed by atoms with van der Waals surface area (Å²) in [5, 5.41) is 6.99. The van der Waals surface area contributed by atoms with Gasteiger partial charge in [-0.2, -0.15) is 17.7 Å². The highest BCUT2D eigenvalue weighted by Crippen LogP contribution is 2.49. The fourth-order valence-electron chi connectivity index (χ4n) is 1.71. The molecule has 1 amide bonds. The Morgan fingerprint density at radius 2 is 2.38 bits per heavy atom. The number of rotatable bonds is 6. The van der Waals surface area contributed by atoms with E-state index < -0.39 is 0 Å². The largest absolute Gasteiger partial charge is 0.354 e. The van der Waals surface area contributed by atoms with Crippen LogP contribution in [0.15, 0.2) is 18.5 Å². The minimum absolute atomic E-state index is 0.138. The van der Waals surface area contributed by atoms with Crippen LogP contribution in [0.1, 0.15) is 19.3 Å². The number of amides is 1.